The quantitative estimate of drug-likeness (QED) is 0.838. The standard InChI is InChI=1S/C17H22BrNO5/c1-17(2,3)24-16(22)19-9-13(8-14(19)15(20)21)23-10-11-4-6-12(18)7-5-11/h4-7,13-14H,8-10H2,1-3H3,(H,20,21). The summed E-state index contributed by atoms with van der Waals surface area (Å²) < 4.78 is 12.1. The number of hydrogen-bond donors (Lipinski definition) is 1. The number of carbonyl (C=O) groups excluding carboxylic acids is 1. The number of likely N-dealkylation sites (tertiary alicyclic amines) is 1. The van der Waals surface area contributed by atoms with Gasteiger partial charge in [-0.25, -0.2) is 9.59 Å². The van der Waals surface area contributed by atoms with Crippen molar-refractivity contribution in [3.8, 4) is 0 Å². The highest BCUT2D eigenvalue weighted by Gasteiger charge is 2.42. The van der Waals surface area contributed by atoms with Gasteiger partial charge in [-0.3, -0.25) is 4.90 Å². The van der Waals surface area contributed by atoms with Gasteiger partial charge in [-0.2, -0.15) is 0 Å². The molecule has 0 aliphatic carbocycles. The predicted molar refractivity (Wildman–Crippen MR) is 91.7 cm³/mol. The van der Waals surface area contributed by atoms with Crippen LogP contribution in [0.1, 0.15) is 32.8 Å². The maximum Gasteiger partial charge on any atom is 0.411 e. The van der Waals surface area contributed by atoms with E-state index in [1.54, 1.807) is 20.8 Å². The summed E-state index contributed by atoms with van der Waals surface area (Å²) in [5, 5.41) is 9.35. The summed E-state index contributed by atoms with van der Waals surface area (Å²) in [5.74, 6) is -1.05. The Hall–Kier alpha value is -1.60. The highest BCUT2D eigenvalue weighted by molar-refractivity contribution is 9.10. The maximum absolute atomic E-state index is 12.2. The lowest BCUT2D eigenvalue weighted by Gasteiger charge is -2.26. The zero-order valence-corrected chi connectivity index (χ0v) is 15.6. The third-order valence-electron chi connectivity index (χ3n) is 3.57. The summed E-state index contributed by atoms with van der Waals surface area (Å²) in [4.78, 5) is 24.9. The summed E-state index contributed by atoms with van der Waals surface area (Å²) in [6.45, 7) is 5.82. The van der Waals surface area contributed by atoms with E-state index in [0.29, 0.717) is 6.61 Å². The number of ether oxygens (including phenoxy) is 2. The summed E-state index contributed by atoms with van der Waals surface area (Å²) >= 11 is 3.37. The Morgan fingerprint density at radius 2 is 1.92 bits per heavy atom. The lowest BCUT2D eigenvalue weighted by molar-refractivity contribution is -0.142. The molecule has 6 nitrogen and oxygen atoms in total. The van der Waals surface area contributed by atoms with E-state index in [-0.39, 0.29) is 19.1 Å². The number of amides is 1. The van der Waals surface area contributed by atoms with E-state index >= 15 is 0 Å². The summed E-state index contributed by atoms with van der Waals surface area (Å²) in [5.41, 5.74) is 0.317. The monoisotopic (exact) mass is 399 g/mol. The molecule has 1 heterocycles. The molecule has 1 saturated heterocycles. The number of rotatable bonds is 4. The van der Waals surface area contributed by atoms with E-state index in [1.165, 1.54) is 4.90 Å². The smallest absolute Gasteiger partial charge is 0.411 e. The zero-order chi connectivity index (χ0) is 17.9. The Bertz CT molecular complexity index is 596. The van der Waals surface area contributed by atoms with Gasteiger partial charge in [-0.15, -0.1) is 0 Å². The molecule has 2 atom stereocenters. The topological polar surface area (TPSA) is 76.1 Å². The fraction of sp³-hybridized carbons (Fsp3) is 0.529. The lowest BCUT2D eigenvalue weighted by atomic mass is 10.2. The van der Waals surface area contributed by atoms with Gasteiger partial charge in [0.25, 0.3) is 0 Å². The van der Waals surface area contributed by atoms with E-state index in [0.717, 1.165) is 10.0 Å². The van der Waals surface area contributed by atoms with Gasteiger partial charge < -0.3 is 14.6 Å². The van der Waals surface area contributed by atoms with Crippen LogP contribution >= 0.6 is 15.9 Å². The van der Waals surface area contributed by atoms with Gasteiger partial charge in [0.1, 0.15) is 11.6 Å². The Kier molecular flexibility index (Phi) is 5.87. The van der Waals surface area contributed by atoms with Crippen LogP contribution in [0.15, 0.2) is 28.7 Å². The van der Waals surface area contributed by atoms with Crippen LogP contribution < -0.4 is 0 Å². The molecule has 1 aromatic carbocycles. The molecule has 0 aromatic heterocycles. The molecule has 0 spiro atoms. The maximum atomic E-state index is 12.2. The predicted octanol–water partition coefficient (Wildman–Crippen LogP) is 3.43. The molecule has 1 aromatic rings. The highest BCUT2D eigenvalue weighted by Crippen LogP contribution is 2.24. The van der Waals surface area contributed by atoms with Gasteiger partial charge in [-0.05, 0) is 38.5 Å². The Balaban J connectivity index is 1.97. The molecule has 1 aliphatic rings. The molecule has 0 bridgehead atoms. The van der Waals surface area contributed by atoms with Crippen molar-refractivity contribution in [1.29, 1.82) is 0 Å². The molecule has 1 aliphatic heterocycles. The molecule has 2 unspecified atom stereocenters. The average Bonchev–Trinajstić information content (AvgIpc) is 2.89. The lowest BCUT2D eigenvalue weighted by Crippen LogP contribution is -2.43. The molecular weight excluding hydrogens is 378 g/mol. The summed E-state index contributed by atoms with van der Waals surface area (Å²) in [7, 11) is 0. The largest absolute Gasteiger partial charge is 0.480 e. The molecular formula is C17H22BrNO5. The van der Waals surface area contributed by atoms with Crippen molar-refractivity contribution in [2.24, 2.45) is 0 Å². The van der Waals surface area contributed by atoms with Gasteiger partial charge in [0.05, 0.1) is 19.3 Å². The second-order valence-electron chi connectivity index (χ2n) is 6.78. The molecule has 1 amide bonds. The van der Waals surface area contributed by atoms with Crippen molar-refractivity contribution < 1.29 is 24.2 Å². The average molecular weight is 400 g/mol. The normalized spacial score (nSPS) is 20.9. The van der Waals surface area contributed by atoms with E-state index in [4.69, 9.17) is 9.47 Å². The second kappa shape index (κ2) is 7.53. The highest BCUT2D eigenvalue weighted by atomic mass is 79.9. The Labute approximate surface area is 149 Å². The summed E-state index contributed by atoms with van der Waals surface area (Å²) in [6, 6.07) is 6.77. The zero-order valence-electron chi connectivity index (χ0n) is 14.0. The van der Waals surface area contributed by atoms with Crippen LogP contribution in [0.25, 0.3) is 0 Å². The van der Waals surface area contributed by atoms with Crippen LogP contribution in [-0.4, -0.2) is 46.4 Å². The minimum absolute atomic E-state index is 0.211. The summed E-state index contributed by atoms with van der Waals surface area (Å²) in [6.07, 6.45) is -0.697. The van der Waals surface area contributed by atoms with E-state index in [2.05, 4.69) is 15.9 Å². The van der Waals surface area contributed by atoms with Crippen LogP contribution in [0.3, 0.4) is 0 Å². The molecule has 7 heteroatoms. The van der Waals surface area contributed by atoms with Gasteiger partial charge in [0, 0.05) is 10.9 Å². The molecule has 24 heavy (non-hydrogen) atoms. The van der Waals surface area contributed by atoms with Gasteiger partial charge in [-0.1, -0.05) is 28.1 Å². The first-order valence-corrected chi connectivity index (χ1v) is 8.53. The van der Waals surface area contributed by atoms with Crippen molar-refractivity contribution >= 4 is 28.0 Å². The van der Waals surface area contributed by atoms with Crippen molar-refractivity contribution in [1.82, 2.24) is 4.90 Å². The van der Waals surface area contributed by atoms with Crippen LogP contribution in [0.2, 0.25) is 0 Å². The number of carbonyl (C=O) groups is 2. The van der Waals surface area contributed by atoms with Crippen molar-refractivity contribution in [2.45, 2.75) is 51.5 Å². The van der Waals surface area contributed by atoms with E-state index in [1.807, 2.05) is 24.3 Å². The molecule has 2 rings (SSSR count). The van der Waals surface area contributed by atoms with Gasteiger partial charge in [0.2, 0.25) is 0 Å². The Morgan fingerprint density at radius 3 is 2.46 bits per heavy atom. The minimum atomic E-state index is -1.05. The van der Waals surface area contributed by atoms with E-state index < -0.39 is 23.7 Å². The SMILES string of the molecule is CC(C)(C)OC(=O)N1CC(OCc2ccc(Br)cc2)CC1C(=O)O. The van der Waals surface area contributed by atoms with Gasteiger partial charge in [0.15, 0.2) is 0 Å². The first-order valence-electron chi connectivity index (χ1n) is 7.74. The van der Waals surface area contributed by atoms with Crippen LogP contribution in [-0.2, 0) is 20.9 Å². The van der Waals surface area contributed by atoms with Crippen LogP contribution in [0.5, 0.6) is 0 Å². The number of halogens is 1. The molecule has 0 saturated carbocycles. The second-order valence-corrected chi connectivity index (χ2v) is 7.70. The number of carboxylic acid groups (broad SMARTS) is 1. The van der Waals surface area contributed by atoms with Gasteiger partial charge >= 0.3 is 12.1 Å². The first-order chi connectivity index (χ1) is 11.2. The van der Waals surface area contributed by atoms with Crippen LogP contribution in [0, 0.1) is 0 Å². The molecule has 0 radical (unpaired) electrons. The van der Waals surface area contributed by atoms with Crippen molar-refractivity contribution in [3.05, 3.63) is 34.3 Å². The minimum Gasteiger partial charge on any atom is -0.480 e. The molecule has 1 N–H and O–H groups in total. The van der Waals surface area contributed by atoms with Crippen molar-refractivity contribution in [2.75, 3.05) is 6.54 Å². The van der Waals surface area contributed by atoms with Crippen molar-refractivity contribution in [3.63, 3.8) is 0 Å². The number of nitrogens with zero attached hydrogens (tertiary/aromatic N) is 1. The number of hydrogen-bond acceptors (Lipinski definition) is 4. The fourth-order valence-corrected chi connectivity index (χ4v) is 2.73. The third kappa shape index (κ3) is 5.21. The molecule has 1 fully saturated rings. The molecule has 132 valence electrons. The van der Waals surface area contributed by atoms with Crippen LogP contribution in [0.4, 0.5) is 4.79 Å². The number of aliphatic carboxylic acids is 1. The van der Waals surface area contributed by atoms with E-state index in [9.17, 15) is 14.7 Å². The fourth-order valence-electron chi connectivity index (χ4n) is 2.47. The third-order valence-corrected chi connectivity index (χ3v) is 4.10. The number of carboxylic acids is 1. The Morgan fingerprint density at radius 1 is 1.29 bits per heavy atom. The first kappa shape index (κ1) is 18.7. The number of benzene rings is 1.